The second kappa shape index (κ2) is 6.35. The first-order chi connectivity index (χ1) is 10.2. The molecule has 2 unspecified atom stereocenters. The first-order valence-electron chi connectivity index (χ1n) is 7.44. The maximum Gasteiger partial charge on any atom is 0.227 e. The summed E-state index contributed by atoms with van der Waals surface area (Å²) in [6.07, 6.45) is 4.90. The van der Waals surface area contributed by atoms with Crippen LogP contribution in [0.25, 0.3) is 0 Å². The van der Waals surface area contributed by atoms with Gasteiger partial charge >= 0.3 is 0 Å². The lowest BCUT2D eigenvalue weighted by atomic mass is 9.84. The minimum Gasteiger partial charge on any atom is -0.393 e. The van der Waals surface area contributed by atoms with Crippen molar-refractivity contribution in [3.05, 3.63) is 47.4 Å². The topological polar surface area (TPSA) is 59.2 Å². The third-order valence-electron chi connectivity index (χ3n) is 4.07. The average Bonchev–Trinajstić information content (AvgIpc) is 2.89. The van der Waals surface area contributed by atoms with E-state index in [1.54, 1.807) is 6.07 Å². The number of aromatic nitrogens is 2. The molecule has 1 saturated carbocycles. The van der Waals surface area contributed by atoms with E-state index in [1.807, 2.05) is 6.07 Å². The molecule has 0 radical (unpaired) electrons. The number of aliphatic hydroxyl groups is 1. The second-order valence-corrected chi connectivity index (χ2v) is 5.73. The fourth-order valence-electron chi connectivity index (χ4n) is 2.92. The average molecular weight is 290 g/mol. The molecule has 1 aliphatic rings. The highest BCUT2D eigenvalue weighted by Gasteiger charge is 2.25. The molecule has 1 aromatic heterocycles. The number of nitrogens with zero attached hydrogens (tertiary/aromatic N) is 2. The number of aliphatic hydroxyl groups excluding tert-OH is 1. The van der Waals surface area contributed by atoms with Gasteiger partial charge in [0.15, 0.2) is 5.82 Å². The van der Waals surface area contributed by atoms with Crippen LogP contribution in [-0.2, 0) is 12.8 Å². The fraction of sp³-hybridized carbons (Fsp3) is 0.500. The van der Waals surface area contributed by atoms with Crippen molar-refractivity contribution in [1.29, 1.82) is 0 Å². The molecule has 2 atom stereocenters. The van der Waals surface area contributed by atoms with E-state index in [4.69, 9.17) is 4.52 Å². The molecule has 1 N–H and O–H groups in total. The number of halogens is 1. The monoisotopic (exact) mass is 290 g/mol. The molecule has 112 valence electrons. The summed E-state index contributed by atoms with van der Waals surface area (Å²) in [7, 11) is 0. The van der Waals surface area contributed by atoms with Crippen molar-refractivity contribution in [1.82, 2.24) is 10.1 Å². The molecule has 0 bridgehead atoms. The summed E-state index contributed by atoms with van der Waals surface area (Å²) in [5, 5.41) is 13.9. The molecule has 0 spiro atoms. The largest absolute Gasteiger partial charge is 0.393 e. The van der Waals surface area contributed by atoms with E-state index in [-0.39, 0.29) is 17.8 Å². The van der Waals surface area contributed by atoms with Gasteiger partial charge in [0, 0.05) is 12.8 Å². The maximum atomic E-state index is 13.1. The van der Waals surface area contributed by atoms with Crippen LogP contribution in [0, 0.1) is 11.7 Å². The lowest BCUT2D eigenvalue weighted by Crippen LogP contribution is -2.26. The standard InChI is InChI=1S/C16H19FN2O2/c17-13-6-3-4-11(8-13)9-15-18-16(21-19-15)10-12-5-1-2-7-14(12)20/h3-4,6,8,12,14,20H,1-2,5,7,9-10H2. The van der Waals surface area contributed by atoms with Crippen LogP contribution in [0.5, 0.6) is 0 Å². The molecule has 1 heterocycles. The number of hydrogen-bond donors (Lipinski definition) is 1. The maximum absolute atomic E-state index is 13.1. The van der Waals surface area contributed by atoms with Crippen LogP contribution in [-0.4, -0.2) is 21.4 Å². The van der Waals surface area contributed by atoms with Crippen LogP contribution in [0.2, 0.25) is 0 Å². The second-order valence-electron chi connectivity index (χ2n) is 5.73. The minimum atomic E-state index is -0.266. The molecule has 1 aromatic carbocycles. The Kier molecular flexibility index (Phi) is 4.29. The Morgan fingerprint density at radius 2 is 2.14 bits per heavy atom. The van der Waals surface area contributed by atoms with Gasteiger partial charge in [0.05, 0.1) is 6.10 Å². The number of hydrogen-bond acceptors (Lipinski definition) is 4. The van der Waals surface area contributed by atoms with E-state index in [1.165, 1.54) is 12.1 Å². The molecular weight excluding hydrogens is 271 g/mol. The molecule has 21 heavy (non-hydrogen) atoms. The molecular formula is C16H19FN2O2. The minimum absolute atomic E-state index is 0.209. The summed E-state index contributed by atoms with van der Waals surface area (Å²) in [5.41, 5.74) is 0.819. The van der Waals surface area contributed by atoms with Crippen LogP contribution in [0.1, 0.15) is 43.0 Å². The molecule has 0 amide bonds. The molecule has 5 heteroatoms. The lowest BCUT2D eigenvalue weighted by Gasteiger charge is -2.26. The molecule has 2 aromatic rings. The zero-order valence-electron chi connectivity index (χ0n) is 11.8. The zero-order valence-corrected chi connectivity index (χ0v) is 11.8. The predicted octanol–water partition coefficient (Wildman–Crippen LogP) is 2.89. The van der Waals surface area contributed by atoms with Crippen molar-refractivity contribution in [2.75, 3.05) is 0 Å². The van der Waals surface area contributed by atoms with Crippen molar-refractivity contribution < 1.29 is 14.0 Å². The van der Waals surface area contributed by atoms with E-state index in [2.05, 4.69) is 10.1 Å². The van der Waals surface area contributed by atoms with Gasteiger partial charge in [0.2, 0.25) is 5.89 Å². The Hall–Kier alpha value is -1.75. The predicted molar refractivity (Wildman–Crippen MR) is 75.2 cm³/mol. The van der Waals surface area contributed by atoms with Crippen molar-refractivity contribution in [2.45, 2.75) is 44.6 Å². The SMILES string of the molecule is OC1CCCCC1Cc1nc(Cc2cccc(F)c2)no1. The van der Waals surface area contributed by atoms with Gasteiger partial charge in [-0.05, 0) is 36.5 Å². The third-order valence-corrected chi connectivity index (χ3v) is 4.07. The van der Waals surface area contributed by atoms with E-state index < -0.39 is 0 Å². The van der Waals surface area contributed by atoms with Gasteiger partial charge in [-0.15, -0.1) is 0 Å². The molecule has 1 aliphatic carbocycles. The molecule has 4 nitrogen and oxygen atoms in total. The van der Waals surface area contributed by atoms with Gasteiger partial charge in [0.25, 0.3) is 0 Å². The van der Waals surface area contributed by atoms with Crippen LogP contribution >= 0.6 is 0 Å². The van der Waals surface area contributed by atoms with Gasteiger partial charge in [-0.3, -0.25) is 0 Å². The molecule has 3 rings (SSSR count). The van der Waals surface area contributed by atoms with Crippen LogP contribution in [0.4, 0.5) is 4.39 Å². The van der Waals surface area contributed by atoms with Crippen molar-refractivity contribution in [3.8, 4) is 0 Å². The lowest BCUT2D eigenvalue weighted by molar-refractivity contribution is 0.0657. The van der Waals surface area contributed by atoms with Gasteiger partial charge in [0.1, 0.15) is 5.82 Å². The first-order valence-corrected chi connectivity index (χ1v) is 7.44. The summed E-state index contributed by atoms with van der Waals surface area (Å²) in [6, 6.07) is 6.39. The Labute approximate surface area is 123 Å². The Bertz CT molecular complexity index is 599. The summed E-state index contributed by atoms with van der Waals surface area (Å²) in [4.78, 5) is 4.35. The van der Waals surface area contributed by atoms with E-state index in [0.717, 1.165) is 31.2 Å². The highest BCUT2D eigenvalue weighted by molar-refractivity contribution is 5.19. The zero-order chi connectivity index (χ0) is 14.7. The summed E-state index contributed by atoms with van der Waals surface area (Å²) < 4.78 is 18.4. The smallest absolute Gasteiger partial charge is 0.227 e. The van der Waals surface area contributed by atoms with Crippen molar-refractivity contribution in [2.24, 2.45) is 5.92 Å². The molecule has 1 fully saturated rings. The highest BCUT2D eigenvalue weighted by atomic mass is 19.1. The Morgan fingerprint density at radius 3 is 2.95 bits per heavy atom. The summed E-state index contributed by atoms with van der Waals surface area (Å²) in [5.74, 6) is 1.07. The highest BCUT2D eigenvalue weighted by Crippen LogP contribution is 2.27. The summed E-state index contributed by atoms with van der Waals surface area (Å²) >= 11 is 0. The number of benzene rings is 1. The quantitative estimate of drug-likeness (QED) is 0.940. The van der Waals surface area contributed by atoms with Gasteiger partial charge < -0.3 is 9.63 Å². The third kappa shape index (κ3) is 3.67. The van der Waals surface area contributed by atoms with Crippen molar-refractivity contribution in [3.63, 3.8) is 0 Å². The normalized spacial score (nSPS) is 22.4. The van der Waals surface area contributed by atoms with E-state index >= 15 is 0 Å². The number of rotatable bonds is 4. The Balaban J connectivity index is 1.63. The van der Waals surface area contributed by atoms with E-state index in [9.17, 15) is 9.50 Å². The van der Waals surface area contributed by atoms with Crippen LogP contribution in [0.3, 0.4) is 0 Å². The Morgan fingerprint density at radius 1 is 1.29 bits per heavy atom. The van der Waals surface area contributed by atoms with Gasteiger partial charge in [-0.25, -0.2) is 4.39 Å². The first kappa shape index (κ1) is 14.2. The molecule has 0 saturated heterocycles. The van der Waals surface area contributed by atoms with Crippen LogP contribution in [0.15, 0.2) is 28.8 Å². The summed E-state index contributed by atoms with van der Waals surface area (Å²) in [6.45, 7) is 0. The molecule has 0 aliphatic heterocycles. The van der Waals surface area contributed by atoms with Gasteiger partial charge in [-0.2, -0.15) is 4.98 Å². The van der Waals surface area contributed by atoms with Gasteiger partial charge in [-0.1, -0.05) is 30.1 Å². The van der Waals surface area contributed by atoms with E-state index in [0.29, 0.717) is 24.6 Å². The fourth-order valence-corrected chi connectivity index (χ4v) is 2.92. The van der Waals surface area contributed by atoms with Crippen LogP contribution < -0.4 is 0 Å². The van der Waals surface area contributed by atoms with Crippen molar-refractivity contribution >= 4 is 0 Å².